The van der Waals surface area contributed by atoms with Gasteiger partial charge < -0.3 is 19.5 Å². The van der Waals surface area contributed by atoms with Crippen LogP contribution in [0.25, 0.3) is 0 Å². The minimum absolute atomic E-state index is 0.0198. The van der Waals surface area contributed by atoms with Gasteiger partial charge in [0.05, 0.1) is 18.3 Å². The quantitative estimate of drug-likeness (QED) is 0.438. The zero-order valence-corrected chi connectivity index (χ0v) is 24.9. The number of hydrogen-bond donors (Lipinski definition) is 1. The van der Waals surface area contributed by atoms with Crippen molar-refractivity contribution in [3.8, 4) is 0 Å². The number of ether oxygens (including phenoxy) is 2. The van der Waals surface area contributed by atoms with E-state index in [4.69, 9.17) is 9.47 Å². The molecule has 0 aromatic rings. The molecule has 5 heteroatoms. The van der Waals surface area contributed by atoms with Crippen molar-refractivity contribution in [1.29, 1.82) is 0 Å². The smallest absolute Gasteiger partial charge is 0.410 e. The average molecular weight is 528 g/mol. The van der Waals surface area contributed by atoms with Gasteiger partial charge in [0.2, 0.25) is 0 Å². The second kappa shape index (κ2) is 8.14. The van der Waals surface area contributed by atoms with Crippen LogP contribution in [-0.4, -0.2) is 53.6 Å². The van der Waals surface area contributed by atoms with Crippen molar-refractivity contribution in [2.24, 2.45) is 50.7 Å². The fraction of sp³-hybridized carbons (Fsp3) is 0.970. The molecule has 7 fully saturated rings. The fourth-order valence-electron chi connectivity index (χ4n) is 12.4. The average Bonchev–Trinajstić information content (AvgIpc) is 3.43. The van der Waals surface area contributed by atoms with Crippen molar-refractivity contribution in [3.05, 3.63) is 0 Å². The Hall–Kier alpha value is -0.810. The largest absolute Gasteiger partial charge is 0.443 e. The molecule has 2 heterocycles. The zero-order valence-electron chi connectivity index (χ0n) is 24.9. The van der Waals surface area contributed by atoms with Gasteiger partial charge in [-0.05, 0) is 121 Å². The molecule has 5 saturated carbocycles. The van der Waals surface area contributed by atoms with E-state index < -0.39 is 0 Å². The normalized spacial score (nSPS) is 53.0. The van der Waals surface area contributed by atoms with Crippen LogP contribution < -0.4 is 0 Å². The van der Waals surface area contributed by atoms with Crippen LogP contribution >= 0.6 is 0 Å². The number of amides is 1. The zero-order chi connectivity index (χ0) is 26.9. The third-order valence-electron chi connectivity index (χ3n) is 14.7. The summed E-state index contributed by atoms with van der Waals surface area (Å²) in [6.07, 6.45) is 13.4. The SMILES string of the molecule is CC(C)[C@@H](OC(=O)N1CCC1)C1CCC2C(C[C@@]3(C)C4CC[C@H]5C(C)(C)[C@@H](O)CC[C@@]56C[C@@]46CC[C@]23C)O1. The van der Waals surface area contributed by atoms with Crippen LogP contribution in [-0.2, 0) is 9.47 Å². The lowest BCUT2D eigenvalue weighted by Gasteiger charge is -2.63. The standard InChI is InChI=1S/C33H53NO4/c1-20(2)27(38-28(36)34-16-7-17-34)22-9-8-21-23(37-22)18-31(6)25-11-10-24-29(3,4)26(35)12-13-32(24)19-33(25,32)15-14-30(21,31)5/h20-27,35H,7-19H2,1-6H3/t21?,22?,23?,24-,25?,26-,27+,30+,31-,32+,33-/m0/s1. The van der Waals surface area contributed by atoms with Crippen LogP contribution in [0, 0.1) is 50.7 Å². The minimum Gasteiger partial charge on any atom is -0.443 e. The molecule has 7 aliphatic rings. The van der Waals surface area contributed by atoms with Gasteiger partial charge in [0, 0.05) is 13.1 Å². The number of fused-ring (bicyclic) bond motifs is 4. The maximum Gasteiger partial charge on any atom is 0.410 e. The summed E-state index contributed by atoms with van der Waals surface area (Å²) in [6, 6.07) is 0. The topological polar surface area (TPSA) is 59.0 Å². The van der Waals surface area contributed by atoms with E-state index in [0.717, 1.165) is 38.3 Å². The van der Waals surface area contributed by atoms with Gasteiger partial charge in [-0.3, -0.25) is 0 Å². The number of rotatable bonds is 3. The van der Waals surface area contributed by atoms with Crippen molar-refractivity contribution in [2.75, 3.05) is 13.1 Å². The lowest BCUT2D eigenvalue weighted by Crippen LogP contribution is -2.57. The summed E-state index contributed by atoms with van der Waals surface area (Å²) >= 11 is 0. The number of nitrogens with zero attached hydrogens (tertiary/aromatic N) is 1. The molecule has 5 nitrogen and oxygen atoms in total. The molecule has 7 rings (SSSR count). The fourth-order valence-corrected chi connectivity index (χ4v) is 12.4. The van der Waals surface area contributed by atoms with E-state index in [2.05, 4.69) is 41.5 Å². The van der Waals surface area contributed by atoms with E-state index >= 15 is 0 Å². The van der Waals surface area contributed by atoms with Gasteiger partial charge in [-0.25, -0.2) is 4.79 Å². The predicted octanol–water partition coefficient (Wildman–Crippen LogP) is 6.81. The van der Waals surface area contributed by atoms with Crippen LogP contribution in [0.2, 0.25) is 0 Å². The number of likely N-dealkylation sites (tertiary alicyclic amines) is 1. The van der Waals surface area contributed by atoms with Gasteiger partial charge in [0.15, 0.2) is 0 Å². The second-order valence-corrected chi connectivity index (χ2v) is 16.4. The molecule has 2 saturated heterocycles. The molecule has 38 heavy (non-hydrogen) atoms. The maximum atomic E-state index is 12.7. The Morgan fingerprint density at radius 1 is 0.921 bits per heavy atom. The Balaban J connectivity index is 1.13. The second-order valence-electron chi connectivity index (χ2n) is 16.4. The molecule has 11 atom stereocenters. The van der Waals surface area contributed by atoms with E-state index in [9.17, 15) is 9.90 Å². The van der Waals surface area contributed by atoms with E-state index in [0.29, 0.717) is 39.6 Å². The number of aliphatic hydroxyl groups is 1. The van der Waals surface area contributed by atoms with E-state index in [1.54, 1.807) is 0 Å². The molecule has 2 spiro atoms. The molecule has 0 aromatic heterocycles. The van der Waals surface area contributed by atoms with Crippen molar-refractivity contribution in [2.45, 2.75) is 137 Å². The Kier molecular flexibility index (Phi) is 5.59. The summed E-state index contributed by atoms with van der Waals surface area (Å²) in [5.74, 6) is 2.34. The Bertz CT molecular complexity index is 991. The van der Waals surface area contributed by atoms with Gasteiger partial charge >= 0.3 is 6.09 Å². The summed E-state index contributed by atoms with van der Waals surface area (Å²) < 4.78 is 13.1. The first kappa shape index (κ1) is 26.1. The van der Waals surface area contributed by atoms with Gasteiger partial charge in [0.1, 0.15) is 6.10 Å². The van der Waals surface area contributed by atoms with Gasteiger partial charge in [-0.15, -0.1) is 0 Å². The number of carbonyl (C=O) groups is 1. The molecule has 2 aliphatic heterocycles. The Labute approximate surface area is 230 Å². The lowest BCUT2D eigenvalue weighted by molar-refractivity contribution is -0.165. The van der Waals surface area contributed by atoms with Crippen LogP contribution in [0.15, 0.2) is 0 Å². The molecule has 4 unspecified atom stereocenters. The number of carbonyl (C=O) groups excluding carboxylic acids is 1. The van der Waals surface area contributed by atoms with E-state index in [1.165, 1.54) is 51.4 Å². The first-order chi connectivity index (χ1) is 17.9. The van der Waals surface area contributed by atoms with Crippen molar-refractivity contribution < 1.29 is 19.4 Å². The minimum atomic E-state index is -0.156. The molecule has 1 amide bonds. The number of aliphatic hydroxyl groups excluding tert-OH is 1. The monoisotopic (exact) mass is 527 g/mol. The van der Waals surface area contributed by atoms with E-state index in [1.807, 2.05) is 4.90 Å². The highest BCUT2D eigenvalue weighted by Crippen LogP contribution is 2.89. The maximum absolute atomic E-state index is 12.7. The first-order valence-corrected chi connectivity index (χ1v) is 16.2. The van der Waals surface area contributed by atoms with Gasteiger partial charge in [0.25, 0.3) is 0 Å². The van der Waals surface area contributed by atoms with Crippen LogP contribution in [0.4, 0.5) is 4.79 Å². The summed E-state index contributed by atoms with van der Waals surface area (Å²) in [4.78, 5) is 14.6. The summed E-state index contributed by atoms with van der Waals surface area (Å²) in [7, 11) is 0. The van der Waals surface area contributed by atoms with Crippen LogP contribution in [0.5, 0.6) is 0 Å². The Morgan fingerprint density at radius 3 is 2.32 bits per heavy atom. The van der Waals surface area contributed by atoms with Crippen molar-refractivity contribution in [1.82, 2.24) is 4.90 Å². The summed E-state index contributed by atoms with van der Waals surface area (Å²) in [5.41, 5.74) is 1.68. The van der Waals surface area contributed by atoms with Crippen molar-refractivity contribution in [3.63, 3.8) is 0 Å². The van der Waals surface area contributed by atoms with E-state index in [-0.39, 0.29) is 35.7 Å². The lowest BCUT2D eigenvalue weighted by atomic mass is 9.42. The Morgan fingerprint density at radius 2 is 1.63 bits per heavy atom. The molecular formula is C33H53NO4. The third-order valence-corrected chi connectivity index (χ3v) is 14.7. The molecule has 0 aromatic carbocycles. The van der Waals surface area contributed by atoms with Gasteiger partial charge in [-0.2, -0.15) is 0 Å². The molecular weight excluding hydrogens is 474 g/mol. The molecule has 1 N–H and O–H groups in total. The summed E-state index contributed by atoms with van der Waals surface area (Å²) in [6.45, 7) is 16.0. The van der Waals surface area contributed by atoms with Gasteiger partial charge in [-0.1, -0.05) is 41.5 Å². The number of hydrogen-bond acceptors (Lipinski definition) is 4. The highest BCUT2D eigenvalue weighted by atomic mass is 16.6. The summed E-state index contributed by atoms with van der Waals surface area (Å²) in [5, 5.41) is 10.9. The molecule has 0 bridgehead atoms. The predicted molar refractivity (Wildman–Crippen MR) is 147 cm³/mol. The highest BCUT2D eigenvalue weighted by molar-refractivity contribution is 5.68. The molecule has 214 valence electrons. The molecule has 0 radical (unpaired) electrons. The third kappa shape index (κ3) is 3.10. The highest BCUT2D eigenvalue weighted by Gasteiger charge is 2.82. The molecule has 5 aliphatic carbocycles. The van der Waals surface area contributed by atoms with Crippen LogP contribution in [0.3, 0.4) is 0 Å². The van der Waals surface area contributed by atoms with Crippen LogP contribution in [0.1, 0.15) is 112 Å². The van der Waals surface area contributed by atoms with Crippen molar-refractivity contribution >= 4 is 6.09 Å². The first-order valence-electron chi connectivity index (χ1n) is 16.2.